The van der Waals surface area contributed by atoms with Crippen molar-refractivity contribution in [3.63, 3.8) is 0 Å². The Kier molecular flexibility index (Phi) is 6.66. The minimum absolute atomic E-state index is 0.200. The summed E-state index contributed by atoms with van der Waals surface area (Å²) in [4.78, 5) is 55.4. The van der Waals surface area contributed by atoms with Crippen molar-refractivity contribution in [2.75, 3.05) is 10.2 Å². The van der Waals surface area contributed by atoms with E-state index >= 15 is 0 Å². The molecule has 10 heteroatoms. The molecule has 0 saturated carbocycles. The summed E-state index contributed by atoms with van der Waals surface area (Å²) in [6.07, 6.45) is 0. The summed E-state index contributed by atoms with van der Waals surface area (Å²) in [5, 5.41) is 3.19. The first-order chi connectivity index (χ1) is 18.8. The van der Waals surface area contributed by atoms with Crippen LogP contribution in [0.25, 0.3) is 0 Å². The predicted molar refractivity (Wildman–Crippen MR) is 154 cm³/mol. The number of benzene rings is 3. The van der Waals surface area contributed by atoms with Gasteiger partial charge in [0.05, 0.1) is 16.6 Å². The Morgan fingerprint density at radius 1 is 0.923 bits per heavy atom. The Morgan fingerprint density at radius 2 is 1.62 bits per heavy atom. The third-order valence-electron chi connectivity index (χ3n) is 7.01. The zero-order valence-corrected chi connectivity index (χ0v) is 23.1. The van der Waals surface area contributed by atoms with Crippen LogP contribution in [-0.4, -0.2) is 27.5 Å². The molecular formula is C29H22ClN3O4S2. The van der Waals surface area contributed by atoms with Crippen LogP contribution in [0.3, 0.4) is 0 Å². The van der Waals surface area contributed by atoms with Gasteiger partial charge < -0.3 is 5.32 Å². The number of hydrogen-bond acceptors (Lipinski definition) is 6. The zero-order chi connectivity index (χ0) is 27.3. The molecule has 0 bridgehead atoms. The summed E-state index contributed by atoms with van der Waals surface area (Å²) in [5.74, 6) is -2.20. The average Bonchev–Trinajstić information content (AvgIpc) is 3.37. The minimum atomic E-state index is -0.745. The fourth-order valence-corrected chi connectivity index (χ4v) is 8.07. The van der Waals surface area contributed by atoms with Crippen LogP contribution in [0.5, 0.6) is 0 Å². The van der Waals surface area contributed by atoms with Gasteiger partial charge >= 0.3 is 4.87 Å². The van der Waals surface area contributed by atoms with Crippen molar-refractivity contribution in [1.82, 2.24) is 4.57 Å². The first kappa shape index (κ1) is 25.6. The molecule has 3 aromatic carbocycles. The third-order valence-corrected chi connectivity index (χ3v) is 9.87. The van der Waals surface area contributed by atoms with Crippen LogP contribution in [0.1, 0.15) is 21.9 Å². The Bertz CT molecular complexity index is 1670. The highest BCUT2D eigenvalue weighted by atomic mass is 35.5. The molecule has 1 saturated heterocycles. The molecule has 7 nitrogen and oxygen atoms in total. The fraction of sp³-hybridized carbons (Fsp3) is 0.172. The molecule has 0 spiro atoms. The molecule has 0 aliphatic carbocycles. The third kappa shape index (κ3) is 4.50. The van der Waals surface area contributed by atoms with Crippen LogP contribution < -0.4 is 15.1 Å². The number of carbonyl (C=O) groups excluding carboxylic acids is 3. The Hall–Kier alpha value is -3.66. The van der Waals surface area contributed by atoms with Crippen LogP contribution in [0, 0.1) is 12.8 Å². The molecule has 2 aliphatic rings. The zero-order valence-electron chi connectivity index (χ0n) is 20.7. The van der Waals surface area contributed by atoms with E-state index in [2.05, 4.69) is 5.32 Å². The van der Waals surface area contributed by atoms with Gasteiger partial charge in [0.1, 0.15) is 11.8 Å². The van der Waals surface area contributed by atoms with Crippen molar-refractivity contribution < 1.29 is 14.4 Å². The lowest BCUT2D eigenvalue weighted by molar-refractivity contribution is -0.122. The second kappa shape index (κ2) is 10.1. The lowest BCUT2D eigenvalue weighted by atomic mass is 9.83. The van der Waals surface area contributed by atoms with E-state index in [1.807, 2.05) is 55.5 Å². The van der Waals surface area contributed by atoms with Gasteiger partial charge in [0.2, 0.25) is 17.7 Å². The van der Waals surface area contributed by atoms with Crippen LogP contribution in [0.4, 0.5) is 11.4 Å². The van der Waals surface area contributed by atoms with Gasteiger partial charge in [-0.15, -0.1) is 0 Å². The molecule has 0 unspecified atom stereocenters. The van der Waals surface area contributed by atoms with Crippen LogP contribution in [0.15, 0.2) is 88.7 Å². The highest BCUT2D eigenvalue weighted by Crippen LogP contribution is 2.53. The molecule has 3 amide bonds. The number of carbonyl (C=O) groups is 3. The quantitative estimate of drug-likeness (QED) is 0.326. The second-order valence-corrected chi connectivity index (χ2v) is 12.0. The summed E-state index contributed by atoms with van der Waals surface area (Å²) in [6.45, 7) is 1.69. The fourth-order valence-electron chi connectivity index (χ4n) is 5.17. The first-order valence-corrected chi connectivity index (χ1v) is 14.3. The summed E-state index contributed by atoms with van der Waals surface area (Å²) >= 11 is 8.26. The van der Waals surface area contributed by atoms with Crippen LogP contribution >= 0.6 is 34.7 Å². The highest BCUT2D eigenvalue weighted by molar-refractivity contribution is 8.00. The van der Waals surface area contributed by atoms with Crippen LogP contribution in [0.2, 0.25) is 5.02 Å². The van der Waals surface area contributed by atoms with Crippen molar-refractivity contribution in [2.24, 2.45) is 5.92 Å². The number of thiazole rings is 1. The van der Waals surface area contributed by atoms with Crippen molar-refractivity contribution in [2.45, 2.75) is 29.7 Å². The molecule has 1 N–H and O–H groups in total. The topological polar surface area (TPSA) is 88.5 Å². The lowest BCUT2D eigenvalue weighted by Gasteiger charge is -2.30. The summed E-state index contributed by atoms with van der Waals surface area (Å²) in [6, 6.07) is 23.4. The van der Waals surface area contributed by atoms with Gasteiger partial charge in [-0.3, -0.25) is 23.7 Å². The number of rotatable bonds is 5. The summed E-state index contributed by atoms with van der Waals surface area (Å²) in [5.41, 5.74) is 2.87. The van der Waals surface area contributed by atoms with E-state index in [0.29, 0.717) is 26.3 Å². The standard InChI is InChI=1S/C29H22ClN3O4S2/c1-16-7-5-6-10-20(16)31-21(34)15-32-28-25(39-29(32)37)22(17-8-3-2-4-9-17)23-24(38-28)27(36)33(26(23)35)19-13-11-18(30)12-14-19/h2-14,22-24H,15H2,1H3,(H,31,34)/t22-,23-,24+/m0/s1. The van der Waals surface area contributed by atoms with Gasteiger partial charge in [0.15, 0.2) is 0 Å². The highest BCUT2D eigenvalue weighted by Gasteiger charge is 2.56. The van der Waals surface area contributed by atoms with Gasteiger partial charge in [-0.25, -0.2) is 4.90 Å². The molecule has 39 heavy (non-hydrogen) atoms. The second-order valence-electron chi connectivity index (χ2n) is 9.43. The number of halogens is 1. The molecule has 6 rings (SSSR count). The maximum absolute atomic E-state index is 13.8. The van der Waals surface area contributed by atoms with Gasteiger partial charge in [-0.1, -0.05) is 83.2 Å². The number of thioether (sulfide) groups is 1. The number of hydrogen-bond donors (Lipinski definition) is 1. The Labute approximate surface area is 237 Å². The molecule has 3 heterocycles. The molecule has 4 aromatic rings. The maximum Gasteiger partial charge on any atom is 0.308 e. The van der Waals surface area contributed by atoms with Crippen molar-refractivity contribution in [3.05, 3.63) is 110 Å². The van der Waals surface area contributed by atoms with Crippen LogP contribution in [-0.2, 0) is 20.9 Å². The SMILES string of the molecule is Cc1ccccc1NC(=O)Cn1c2c(sc1=O)[C@@H](c1ccccc1)[C@@H]1C(=O)N(c3ccc(Cl)cc3)C(=O)[C@@H]1S2. The number of nitrogens with one attached hydrogen (secondary N) is 1. The molecule has 196 valence electrons. The molecule has 2 aliphatic heterocycles. The smallest absolute Gasteiger partial charge is 0.308 e. The molecule has 1 aromatic heterocycles. The van der Waals surface area contributed by atoms with E-state index in [4.69, 9.17) is 11.6 Å². The van der Waals surface area contributed by atoms with Gasteiger partial charge in [-0.2, -0.15) is 0 Å². The van der Waals surface area contributed by atoms with E-state index in [-0.39, 0.29) is 29.1 Å². The Balaban J connectivity index is 1.40. The minimum Gasteiger partial charge on any atom is -0.324 e. The largest absolute Gasteiger partial charge is 0.324 e. The van der Waals surface area contributed by atoms with E-state index in [1.165, 1.54) is 21.2 Å². The monoisotopic (exact) mass is 575 g/mol. The average molecular weight is 576 g/mol. The summed E-state index contributed by atoms with van der Waals surface area (Å²) in [7, 11) is 0. The lowest BCUT2D eigenvalue weighted by Crippen LogP contribution is -2.33. The molecular weight excluding hydrogens is 554 g/mol. The number of fused-ring (bicyclic) bond motifs is 2. The number of nitrogens with zero attached hydrogens (tertiary/aromatic N) is 2. The van der Waals surface area contributed by atoms with Crippen molar-refractivity contribution in [3.8, 4) is 0 Å². The van der Waals surface area contributed by atoms with E-state index in [9.17, 15) is 19.2 Å². The molecule has 1 fully saturated rings. The van der Waals surface area contributed by atoms with Gasteiger partial charge in [0, 0.05) is 21.5 Å². The molecule has 3 atom stereocenters. The normalized spacial score (nSPS) is 20.1. The van der Waals surface area contributed by atoms with Crippen molar-refractivity contribution >= 4 is 63.8 Å². The maximum atomic E-state index is 13.8. The number of imide groups is 1. The number of para-hydroxylation sites is 1. The number of anilines is 2. The van der Waals surface area contributed by atoms with Gasteiger partial charge in [-0.05, 0) is 48.4 Å². The Morgan fingerprint density at radius 3 is 2.33 bits per heavy atom. The number of aryl methyl sites for hydroxylation is 1. The van der Waals surface area contributed by atoms with E-state index in [0.717, 1.165) is 22.5 Å². The molecule has 0 radical (unpaired) electrons. The van der Waals surface area contributed by atoms with Gasteiger partial charge in [0.25, 0.3) is 0 Å². The van der Waals surface area contributed by atoms with E-state index in [1.54, 1.807) is 30.3 Å². The number of aromatic nitrogens is 1. The number of amides is 3. The van der Waals surface area contributed by atoms with Crippen molar-refractivity contribution in [1.29, 1.82) is 0 Å². The summed E-state index contributed by atoms with van der Waals surface area (Å²) < 4.78 is 1.42. The predicted octanol–water partition coefficient (Wildman–Crippen LogP) is 5.31. The first-order valence-electron chi connectivity index (χ1n) is 12.3. The van der Waals surface area contributed by atoms with E-state index < -0.39 is 17.1 Å².